The minimum atomic E-state index is -0.328. The summed E-state index contributed by atoms with van der Waals surface area (Å²) in [6.45, 7) is 9.16. The highest BCUT2D eigenvalue weighted by Crippen LogP contribution is 2.17. The summed E-state index contributed by atoms with van der Waals surface area (Å²) in [4.78, 5) is 34.7. The molecule has 0 saturated carbocycles. The van der Waals surface area contributed by atoms with Crippen LogP contribution in [0.4, 0.5) is 0 Å². The molecule has 0 radical (unpaired) electrons. The second-order valence-corrected chi connectivity index (χ2v) is 7.73. The zero-order chi connectivity index (χ0) is 24.5. The average molecular weight is 481 g/mol. The van der Waals surface area contributed by atoms with Gasteiger partial charge in [-0.25, -0.2) is 4.98 Å². The van der Waals surface area contributed by atoms with Crippen LogP contribution in [0.25, 0.3) is 11.0 Å². The molecule has 3 aromatic rings. The Hall–Kier alpha value is -3.99. The number of nitrogens with zero attached hydrogens (tertiary/aromatic N) is 5. The summed E-state index contributed by atoms with van der Waals surface area (Å²) in [5.41, 5.74) is 1.86. The predicted molar refractivity (Wildman–Crippen MR) is 127 cm³/mol. The number of morpholine rings is 1. The van der Waals surface area contributed by atoms with E-state index in [2.05, 4.69) is 38.1 Å². The van der Waals surface area contributed by atoms with Gasteiger partial charge in [-0.1, -0.05) is 37.4 Å². The van der Waals surface area contributed by atoms with Crippen LogP contribution in [0.5, 0.6) is 18.0 Å². The predicted octanol–water partition coefficient (Wildman–Crippen LogP) is 2.12. The van der Waals surface area contributed by atoms with Crippen molar-refractivity contribution in [1.29, 1.82) is 0 Å². The molecule has 1 N–H and O–H groups in total. The third-order valence-corrected chi connectivity index (χ3v) is 5.14. The molecule has 0 aliphatic carbocycles. The quantitative estimate of drug-likeness (QED) is 0.388. The third kappa shape index (κ3) is 6.76. The summed E-state index contributed by atoms with van der Waals surface area (Å²) in [7, 11) is 0. The van der Waals surface area contributed by atoms with Crippen molar-refractivity contribution in [2.24, 2.45) is 0 Å². The number of amides is 1. The topological polar surface area (TPSA) is 125 Å². The van der Waals surface area contributed by atoms with E-state index >= 15 is 0 Å². The lowest BCUT2D eigenvalue weighted by atomic mass is 10.2. The highest BCUT2D eigenvalue weighted by atomic mass is 16.6. The van der Waals surface area contributed by atoms with Gasteiger partial charge in [-0.15, -0.1) is 15.0 Å². The molecule has 35 heavy (non-hydrogen) atoms. The number of carbonyl (C=O) groups excluding carboxylic acids is 1. The van der Waals surface area contributed by atoms with Crippen LogP contribution in [-0.2, 0) is 16.0 Å². The van der Waals surface area contributed by atoms with Crippen LogP contribution in [0.3, 0.4) is 0 Å². The van der Waals surface area contributed by atoms with Gasteiger partial charge >= 0.3 is 18.0 Å². The molecule has 1 saturated heterocycles. The van der Waals surface area contributed by atoms with Gasteiger partial charge in [0.2, 0.25) is 5.91 Å². The fraction of sp³-hybridized carbons (Fsp3) is 0.375. The van der Waals surface area contributed by atoms with Crippen LogP contribution in [0.1, 0.15) is 12.2 Å². The molecule has 1 atom stereocenters. The van der Waals surface area contributed by atoms with E-state index in [1.807, 2.05) is 24.3 Å². The normalized spacial score (nSPS) is 15.5. The Morgan fingerprint density at radius 2 is 1.74 bits per heavy atom. The SMILES string of the molecule is C=CCOc1nc(OCC=C)nc(OCC2CN(C(=O)CCc3nc4ccccc4[nH]3)CCO2)n1. The lowest BCUT2D eigenvalue weighted by Gasteiger charge is -2.32. The van der Waals surface area contributed by atoms with E-state index in [9.17, 15) is 4.79 Å². The molecule has 11 heteroatoms. The highest BCUT2D eigenvalue weighted by Gasteiger charge is 2.25. The van der Waals surface area contributed by atoms with Gasteiger partial charge < -0.3 is 28.8 Å². The van der Waals surface area contributed by atoms with Gasteiger partial charge in [0.1, 0.15) is 31.7 Å². The molecule has 2 aromatic heterocycles. The monoisotopic (exact) mass is 480 g/mol. The second-order valence-electron chi connectivity index (χ2n) is 7.73. The third-order valence-electron chi connectivity index (χ3n) is 5.14. The van der Waals surface area contributed by atoms with Gasteiger partial charge in [-0.3, -0.25) is 4.79 Å². The van der Waals surface area contributed by atoms with Gasteiger partial charge in [-0.05, 0) is 12.1 Å². The molecule has 1 amide bonds. The van der Waals surface area contributed by atoms with Crippen LogP contribution in [-0.4, -0.2) is 81.3 Å². The number of aryl methyl sites for hydroxylation is 1. The molecular formula is C24H28N6O5. The minimum Gasteiger partial charge on any atom is -0.460 e. The molecule has 0 bridgehead atoms. The first-order chi connectivity index (χ1) is 17.1. The van der Waals surface area contributed by atoms with Crippen LogP contribution >= 0.6 is 0 Å². The van der Waals surface area contributed by atoms with E-state index in [0.29, 0.717) is 32.5 Å². The van der Waals surface area contributed by atoms with Gasteiger partial charge in [-0.2, -0.15) is 0 Å². The molecule has 4 rings (SSSR count). The number of rotatable bonds is 12. The number of aromatic amines is 1. The molecule has 1 fully saturated rings. The van der Waals surface area contributed by atoms with E-state index in [1.54, 1.807) is 17.1 Å². The Labute approximate surface area is 202 Å². The Morgan fingerprint density at radius 1 is 1.06 bits per heavy atom. The van der Waals surface area contributed by atoms with Gasteiger partial charge in [0.05, 0.1) is 24.2 Å². The van der Waals surface area contributed by atoms with E-state index in [0.717, 1.165) is 16.9 Å². The zero-order valence-corrected chi connectivity index (χ0v) is 19.4. The Morgan fingerprint density at radius 3 is 2.43 bits per heavy atom. The largest absolute Gasteiger partial charge is 0.460 e. The molecule has 1 unspecified atom stereocenters. The molecule has 1 aliphatic rings. The van der Waals surface area contributed by atoms with E-state index < -0.39 is 0 Å². The fourth-order valence-electron chi connectivity index (χ4n) is 3.50. The summed E-state index contributed by atoms with van der Waals surface area (Å²) in [5, 5.41) is 0. The van der Waals surface area contributed by atoms with Crippen molar-refractivity contribution < 1.29 is 23.7 Å². The first-order valence-corrected chi connectivity index (χ1v) is 11.3. The summed E-state index contributed by atoms with van der Waals surface area (Å²) >= 11 is 0. The maximum absolute atomic E-state index is 12.8. The van der Waals surface area contributed by atoms with Gasteiger partial charge in [0.15, 0.2) is 0 Å². The number of hydrogen-bond acceptors (Lipinski definition) is 9. The van der Waals surface area contributed by atoms with Crippen LogP contribution in [0.15, 0.2) is 49.6 Å². The second kappa shape index (κ2) is 11.9. The molecule has 11 nitrogen and oxygen atoms in total. The summed E-state index contributed by atoms with van der Waals surface area (Å²) in [5.74, 6) is 0.839. The molecular weight excluding hydrogens is 452 g/mol. The first-order valence-electron chi connectivity index (χ1n) is 11.3. The Kier molecular flexibility index (Phi) is 8.23. The number of benzene rings is 1. The molecule has 1 aromatic carbocycles. The van der Waals surface area contributed by atoms with Gasteiger partial charge in [0, 0.05) is 19.4 Å². The smallest absolute Gasteiger partial charge is 0.326 e. The van der Waals surface area contributed by atoms with Gasteiger partial charge in [0.25, 0.3) is 0 Å². The van der Waals surface area contributed by atoms with Crippen molar-refractivity contribution >= 4 is 16.9 Å². The lowest BCUT2D eigenvalue weighted by molar-refractivity contribution is -0.139. The molecule has 0 spiro atoms. The summed E-state index contributed by atoms with van der Waals surface area (Å²) in [6, 6.07) is 7.95. The number of ether oxygens (including phenoxy) is 4. The first kappa shape index (κ1) is 24.1. The standard InChI is InChI=1S/C24H28N6O5/c1-3-12-33-22-27-23(34-13-4-2)29-24(28-22)35-16-17-15-30(11-14-32-17)21(31)10-9-20-25-18-7-5-6-8-19(18)26-20/h3-8,17H,1-2,9-16H2,(H,25,26). The molecule has 3 heterocycles. The maximum atomic E-state index is 12.8. The van der Waals surface area contributed by atoms with E-state index in [-0.39, 0.29) is 49.9 Å². The van der Waals surface area contributed by atoms with Crippen molar-refractivity contribution in [3.05, 3.63) is 55.4 Å². The van der Waals surface area contributed by atoms with E-state index in [4.69, 9.17) is 18.9 Å². The number of nitrogens with one attached hydrogen (secondary N) is 1. The average Bonchev–Trinajstić information content (AvgIpc) is 3.31. The van der Waals surface area contributed by atoms with Crippen molar-refractivity contribution in [2.45, 2.75) is 18.9 Å². The highest BCUT2D eigenvalue weighted by molar-refractivity contribution is 5.77. The van der Waals surface area contributed by atoms with Crippen LogP contribution < -0.4 is 14.2 Å². The number of aromatic nitrogens is 5. The number of imidazole rings is 1. The number of carbonyl (C=O) groups is 1. The number of hydrogen-bond donors (Lipinski definition) is 1. The fourth-order valence-corrected chi connectivity index (χ4v) is 3.50. The summed E-state index contributed by atoms with van der Waals surface area (Å²) in [6.07, 6.45) is 3.71. The van der Waals surface area contributed by atoms with Crippen molar-refractivity contribution in [1.82, 2.24) is 29.8 Å². The number of H-pyrrole nitrogens is 1. The molecule has 184 valence electrons. The summed E-state index contributed by atoms with van der Waals surface area (Å²) < 4.78 is 22.3. The zero-order valence-electron chi connectivity index (χ0n) is 19.4. The maximum Gasteiger partial charge on any atom is 0.326 e. The van der Waals surface area contributed by atoms with Crippen molar-refractivity contribution in [3.8, 4) is 18.0 Å². The van der Waals surface area contributed by atoms with Crippen molar-refractivity contribution in [3.63, 3.8) is 0 Å². The lowest BCUT2D eigenvalue weighted by Crippen LogP contribution is -2.47. The van der Waals surface area contributed by atoms with E-state index in [1.165, 1.54) is 0 Å². The van der Waals surface area contributed by atoms with Crippen LogP contribution in [0.2, 0.25) is 0 Å². The van der Waals surface area contributed by atoms with Crippen LogP contribution in [0, 0.1) is 0 Å². The van der Waals surface area contributed by atoms with Crippen molar-refractivity contribution in [2.75, 3.05) is 39.5 Å². The Balaban J connectivity index is 1.30. The number of para-hydroxylation sites is 2. The number of fused-ring (bicyclic) bond motifs is 1. The minimum absolute atomic E-state index is 0.0371. The Bertz CT molecular complexity index is 1100. The molecule has 1 aliphatic heterocycles.